The molecule has 3 aromatic carbocycles. The summed E-state index contributed by atoms with van der Waals surface area (Å²) in [5.41, 5.74) is 2.01. The van der Waals surface area contributed by atoms with E-state index >= 15 is 0 Å². The second-order valence-corrected chi connectivity index (χ2v) is 8.63. The molecule has 1 aliphatic rings. The molecule has 5 nitrogen and oxygen atoms in total. The predicted molar refractivity (Wildman–Crippen MR) is 129 cm³/mol. The van der Waals surface area contributed by atoms with Crippen LogP contribution in [0.2, 0.25) is 0 Å². The number of amides is 1. The number of rotatable bonds is 6. The first-order valence-electron chi connectivity index (χ1n) is 9.61. The number of methoxy groups -OCH3 is 1. The monoisotopic (exact) mass is 512 g/mol. The van der Waals surface area contributed by atoms with Gasteiger partial charge >= 0.3 is 0 Å². The maximum Gasteiger partial charge on any atom is 0.264 e. The first-order valence-corrected chi connectivity index (χ1v) is 11.2. The number of halogens is 2. The van der Waals surface area contributed by atoms with Crippen molar-refractivity contribution < 1.29 is 18.7 Å². The third-order valence-electron chi connectivity index (χ3n) is 4.55. The van der Waals surface area contributed by atoms with Crippen LogP contribution in [0.25, 0.3) is 6.08 Å². The highest BCUT2D eigenvalue weighted by molar-refractivity contribution is 9.10. The van der Waals surface area contributed by atoms with Crippen molar-refractivity contribution in [2.45, 2.75) is 6.61 Å². The molecule has 1 N–H and O–H groups in total. The van der Waals surface area contributed by atoms with Gasteiger partial charge in [-0.3, -0.25) is 4.79 Å². The predicted octanol–water partition coefficient (Wildman–Crippen LogP) is 6.07. The largest absolute Gasteiger partial charge is 0.497 e. The molecule has 0 radical (unpaired) electrons. The van der Waals surface area contributed by atoms with Crippen LogP contribution in [-0.2, 0) is 11.4 Å². The van der Waals surface area contributed by atoms with Crippen LogP contribution in [0.3, 0.4) is 0 Å². The molecule has 3 aromatic rings. The number of hydrogen-bond acceptors (Lipinski definition) is 5. The van der Waals surface area contributed by atoms with Crippen LogP contribution in [0, 0.1) is 5.82 Å². The van der Waals surface area contributed by atoms with Crippen LogP contribution < -0.4 is 14.8 Å². The first kappa shape index (κ1) is 22.1. The Hall–Kier alpha value is -3.10. The fraction of sp³-hybridized carbons (Fsp3) is 0.0833. The molecule has 0 bridgehead atoms. The summed E-state index contributed by atoms with van der Waals surface area (Å²) in [6.07, 6.45) is 1.78. The summed E-state index contributed by atoms with van der Waals surface area (Å²) in [4.78, 5) is 17.3. The Kier molecular flexibility index (Phi) is 6.92. The van der Waals surface area contributed by atoms with E-state index in [1.807, 2.05) is 36.4 Å². The van der Waals surface area contributed by atoms with Crippen LogP contribution >= 0.6 is 27.7 Å². The average molecular weight is 513 g/mol. The summed E-state index contributed by atoms with van der Waals surface area (Å²) < 4.78 is 25.3. The lowest BCUT2D eigenvalue weighted by molar-refractivity contribution is -0.115. The minimum Gasteiger partial charge on any atom is -0.497 e. The minimum absolute atomic E-state index is 0.120. The van der Waals surface area contributed by atoms with Crippen LogP contribution in [0.4, 0.5) is 10.1 Å². The number of carbonyl (C=O) groups is 1. The highest BCUT2D eigenvalue weighted by Crippen LogP contribution is 2.32. The number of nitrogens with one attached hydrogen (secondary N) is 1. The Morgan fingerprint density at radius 2 is 1.91 bits per heavy atom. The standard InChI is InChI=1S/C24H18BrFN2O3S/c1-30-18-9-7-17(8-10-18)27-24-28-23(29)22(32-24)13-15-6-11-21(19(25)12-15)31-14-16-4-2-3-5-20(16)26/h2-13H,14H2,1H3,(H,27,28,29)/b22-13+. The molecule has 1 amide bonds. The molecule has 162 valence electrons. The molecule has 1 fully saturated rings. The average Bonchev–Trinajstić information content (AvgIpc) is 3.13. The molecule has 4 rings (SSSR count). The van der Waals surface area contributed by atoms with Crippen molar-refractivity contribution >= 4 is 50.5 Å². The second-order valence-electron chi connectivity index (χ2n) is 6.75. The summed E-state index contributed by atoms with van der Waals surface area (Å²) in [7, 11) is 1.60. The summed E-state index contributed by atoms with van der Waals surface area (Å²) in [6.45, 7) is 0.120. The Morgan fingerprint density at radius 3 is 2.62 bits per heavy atom. The van der Waals surface area contributed by atoms with E-state index in [9.17, 15) is 9.18 Å². The molecule has 0 spiro atoms. The van der Waals surface area contributed by atoms with E-state index in [0.29, 0.717) is 31.5 Å². The topological polar surface area (TPSA) is 59.9 Å². The van der Waals surface area contributed by atoms with Gasteiger partial charge in [-0.15, -0.1) is 0 Å². The van der Waals surface area contributed by atoms with E-state index in [0.717, 1.165) is 11.3 Å². The van der Waals surface area contributed by atoms with E-state index < -0.39 is 0 Å². The smallest absolute Gasteiger partial charge is 0.264 e. The van der Waals surface area contributed by atoms with E-state index in [1.54, 1.807) is 37.5 Å². The number of hydrogen-bond donors (Lipinski definition) is 1. The molecule has 8 heteroatoms. The van der Waals surface area contributed by atoms with Crippen molar-refractivity contribution in [2.75, 3.05) is 7.11 Å². The lowest BCUT2D eigenvalue weighted by atomic mass is 10.2. The third-order valence-corrected chi connectivity index (χ3v) is 6.08. The van der Waals surface area contributed by atoms with Gasteiger partial charge in [0, 0.05) is 5.56 Å². The molecular weight excluding hydrogens is 495 g/mol. The number of amidine groups is 1. The number of carbonyl (C=O) groups excluding carboxylic acids is 1. The lowest BCUT2D eigenvalue weighted by Gasteiger charge is -2.09. The Morgan fingerprint density at radius 1 is 1.12 bits per heavy atom. The van der Waals surface area contributed by atoms with Gasteiger partial charge in [0.05, 0.1) is 22.2 Å². The summed E-state index contributed by atoms with van der Waals surface area (Å²) in [6, 6.07) is 19.2. The summed E-state index contributed by atoms with van der Waals surface area (Å²) in [5.74, 6) is 0.810. The van der Waals surface area contributed by atoms with Crippen LogP contribution in [0.15, 0.2) is 81.1 Å². The van der Waals surface area contributed by atoms with Gasteiger partial charge in [0.2, 0.25) is 0 Å². The Labute approximate surface area is 197 Å². The molecule has 0 unspecified atom stereocenters. The second kappa shape index (κ2) is 10.0. The van der Waals surface area contributed by atoms with Gasteiger partial charge in [-0.25, -0.2) is 9.38 Å². The maximum absolute atomic E-state index is 13.8. The number of thioether (sulfide) groups is 1. The Balaban J connectivity index is 1.45. The van der Waals surface area contributed by atoms with Crippen molar-refractivity contribution in [3.05, 3.63) is 93.1 Å². The number of nitrogens with zero attached hydrogens (tertiary/aromatic N) is 1. The van der Waals surface area contributed by atoms with E-state index in [-0.39, 0.29) is 18.3 Å². The Bertz CT molecular complexity index is 1210. The normalized spacial score (nSPS) is 15.8. The summed E-state index contributed by atoms with van der Waals surface area (Å²) in [5, 5.41) is 3.28. The highest BCUT2D eigenvalue weighted by atomic mass is 79.9. The first-order chi connectivity index (χ1) is 15.5. The fourth-order valence-electron chi connectivity index (χ4n) is 2.90. The molecule has 32 heavy (non-hydrogen) atoms. The molecule has 1 heterocycles. The zero-order chi connectivity index (χ0) is 22.5. The molecule has 0 atom stereocenters. The van der Waals surface area contributed by atoms with E-state index in [2.05, 4.69) is 26.2 Å². The minimum atomic E-state index is -0.304. The van der Waals surface area contributed by atoms with Gasteiger partial charge in [0.15, 0.2) is 5.17 Å². The lowest BCUT2D eigenvalue weighted by Crippen LogP contribution is -2.19. The molecule has 0 saturated carbocycles. The van der Waals surface area contributed by atoms with Crippen LogP contribution in [-0.4, -0.2) is 18.2 Å². The third kappa shape index (κ3) is 5.38. The van der Waals surface area contributed by atoms with Crippen molar-refractivity contribution in [3.8, 4) is 11.5 Å². The van der Waals surface area contributed by atoms with Crippen molar-refractivity contribution in [3.63, 3.8) is 0 Å². The quantitative estimate of drug-likeness (QED) is 0.407. The van der Waals surface area contributed by atoms with E-state index in [1.165, 1.54) is 17.8 Å². The van der Waals surface area contributed by atoms with Crippen molar-refractivity contribution in [1.29, 1.82) is 0 Å². The maximum atomic E-state index is 13.8. The summed E-state index contributed by atoms with van der Waals surface area (Å²) >= 11 is 4.75. The van der Waals surface area contributed by atoms with Gasteiger partial charge in [-0.1, -0.05) is 24.3 Å². The van der Waals surface area contributed by atoms with Gasteiger partial charge in [0.1, 0.15) is 23.9 Å². The molecule has 0 aromatic heterocycles. The van der Waals surface area contributed by atoms with Gasteiger partial charge in [-0.05, 0) is 81.8 Å². The highest BCUT2D eigenvalue weighted by Gasteiger charge is 2.24. The molecule has 1 aliphatic heterocycles. The van der Waals surface area contributed by atoms with Crippen LogP contribution in [0.5, 0.6) is 11.5 Å². The van der Waals surface area contributed by atoms with Crippen molar-refractivity contribution in [1.82, 2.24) is 5.32 Å². The number of ether oxygens (including phenoxy) is 2. The molecule has 0 aliphatic carbocycles. The van der Waals surface area contributed by atoms with Gasteiger partial charge in [0.25, 0.3) is 5.91 Å². The number of aliphatic imine (C=N–C) groups is 1. The van der Waals surface area contributed by atoms with Crippen LogP contribution in [0.1, 0.15) is 11.1 Å². The van der Waals surface area contributed by atoms with E-state index in [4.69, 9.17) is 9.47 Å². The van der Waals surface area contributed by atoms with Crippen molar-refractivity contribution in [2.24, 2.45) is 4.99 Å². The zero-order valence-corrected chi connectivity index (χ0v) is 19.4. The molecular formula is C24H18BrFN2O3S. The van der Waals surface area contributed by atoms with Gasteiger partial charge in [-0.2, -0.15) is 0 Å². The molecule has 1 saturated heterocycles. The zero-order valence-electron chi connectivity index (χ0n) is 17.0. The van der Waals surface area contributed by atoms with Gasteiger partial charge < -0.3 is 14.8 Å². The SMILES string of the molecule is COc1ccc(N=C2NC(=O)/C(=C\c3ccc(OCc4ccccc4F)c(Br)c3)S2)cc1. The fourth-order valence-corrected chi connectivity index (χ4v) is 4.25. The number of benzene rings is 3.